The van der Waals surface area contributed by atoms with E-state index >= 15 is 0 Å². The molecule has 20 heavy (non-hydrogen) atoms. The summed E-state index contributed by atoms with van der Waals surface area (Å²) in [6, 6.07) is -0.0157. The molecule has 112 valence electrons. The summed E-state index contributed by atoms with van der Waals surface area (Å²) >= 11 is 0. The molecule has 0 radical (unpaired) electrons. The standard InChI is InChI=1S/C15H25N3O2/c1-11-13(10-18(2)17-11)14(15(19)20-3)16-12-8-6-4-5-7-9-12/h10,12,14,16H,4-9H2,1-3H3. The minimum atomic E-state index is -0.406. The number of aryl methyl sites for hydroxylation is 2. The van der Waals surface area contributed by atoms with Gasteiger partial charge in [-0.25, -0.2) is 4.79 Å². The van der Waals surface area contributed by atoms with Crippen molar-refractivity contribution in [1.82, 2.24) is 15.1 Å². The maximum absolute atomic E-state index is 12.1. The number of hydrogen-bond donors (Lipinski definition) is 1. The summed E-state index contributed by atoms with van der Waals surface area (Å²) in [4.78, 5) is 12.1. The SMILES string of the molecule is COC(=O)C(NC1CCCCCC1)c1cn(C)nc1C. The van der Waals surface area contributed by atoms with Crippen LogP contribution in [0.5, 0.6) is 0 Å². The first-order chi connectivity index (χ1) is 9.61. The second-order valence-corrected chi connectivity index (χ2v) is 5.65. The van der Waals surface area contributed by atoms with Gasteiger partial charge < -0.3 is 4.74 Å². The van der Waals surface area contributed by atoms with Crippen molar-refractivity contribution in [3.05, 3.63) is 17.5 Å². The van der Waals surface area contributed by atoms with Crippen LogP contribution in [0, 0.1) is 6.92 Å². The Hall–Kier alpha value is -1.36. The average Bonchev–Trinajstić information content (AvgIpc) is 2.65. The van der Waals surface area contributed by atoms with E-state index in [-0.39, 0.29) is 5.97 Å². The Bertz CT molecular complexity index is 448. The molecular weight excluding hydrogens is 254 g/mol. The molecule has 1 fully saturated rings. The summed E-state index contributed by atoms with van der Waals surface area (Å²) in [6.45, 7) is 1.93. The van der Waals surface area contributed by atoms with Gasteiger partial charge in [-0.05, 0) is 19.8 Å². The molecule has 5 heteroatoms. The van der Waals surface area contributed by atoms with Crippen LogP contribution >= 0.6 is 0 Å². The predicted octanol–water partition coefficient (Wildman–Crippen LogP) is 2.26. The Morgan fingerprint density at radius 1 is 1.40 bits per heavy atom. The van der Waals surface area contributed by atoms with Crippen LogP contribution in [-0.2, 0) is 16.6 Å². The summed E-state index contributed by atoms with van der Waals surface area (Å²) in [5.74, 6) is -0.231. The molecule has 1 aliphatic rings. The highest BCUT2D eigenvalue weighted by Gasteiger charge is 2.27. The molecule has 1 aromatic heterocycles. The number of methoxy groups -OCH3 is 1. The van der Waals surface area contributed by atoms with Gasteiger partial charge in [-0.3, -0.25) is 10.00 Å². The Labute approximate surface area is 120 Å². The molecule has 0 saturated heterocycles. The van der Waals surface area contributed by atoms with Gasteiger partial charge in [0, 0.05) is 24.8 Å². The van der Waals surface area contributed by atoms with Crippen LogP contribution in [0.4, 0.5) is 0 Å². The second-order valence-electron chi connectivity index (χ2n) is 5.65. The number of esters is 1. The van der Waals surface area contributed by atoms with Gasteiger partial charge in [-0.15, -0.1) is 0 Å². The van der Waals surface area contributed by atoms with Crippen molar-refractivity contribution >= 4 is 5.97 Å². The van der Waals surface area contributed by atoms with E-state index in [0.29, 0.717) is 6.04 Å². The molecule has 0 amide bonds. The topological polar surface area (TPSA) is 56.1 Å². The lowest BCUT2D eigenvalue weighted by molar-refractivity contribution is -0.143. The van der Waals surface area contributed by atoms with Crippen molar-refractivity contribution in [3.8, 4) is 0 Å². The minimum Gasteiger partial charge on any atom is -0.468 e. The molecule has 0 spiro atoms. The van der Waals surface area contributed by atoms with Crippen LogP contribution in [0.15, 0.2) is 6.20 Å². The molecule has 1 atom stereocenters. The molecule has 1 aromatic rings. The van der Waals surface area contributed by atoms with Crippen LogP contribution in [0.1, 0.15) is 55.8 Å². The Kier molecular flexibility index (Phi) is 5.17. The van der Waals surface area contributed by atoms with Crippen molar-refractivity contribution < 1.29 is 9.53 Å². The normalized spacial score (nSPS) is 18.6. The van der Waals surface area contributed by atoms with E-state index in [4.69, 9.17) is 4.74 Å². The summed E-state index contributed by atoms with van der Waals surface area (Å²) in [6.07, 6.45) is 9.23. The molecule has 5 nitrogen and oxygen atoms in total. The van der Waals surface area contributed by atoms with Crippen molar-refractivity contribution in [2.45, 2.75) is 57.5 Å². The summed E-state index contributed by atoms with van der Waals surface area (Å²) in [5, 5.41) is 7.82. The third kappa shape index (κ3) is 3.60. The van der Waals surface area contributed by atoms with E-state index in [1.165, 1.54) is 32.8 Å². The molecule has 0 aromatic carbocycles. The Balaban J connectivity index is 2.15. The third-order valence-corrected chi connectivity index (χ3v) is 4.06. The molecule has 2 rings (SSSR count). The van der Waals surface area contributed by atoms with Crippen molar-refractivity contribution in [3.63, 3.8) is 0 Å². The van der Waals surface area contributed by atoms with Crippen LogP contribution in [0.2, 0.25) is 0 Å². The van der Waals surface area contributed by atoms with Crippen LogP contribution < -0.4 is 5.32 Å². The molecule has 1 unspecified atom stereocenters. The minimum absolute atomic E-state index is 0.231. The predicted molar refractivity (Wildman–Crippen MR) is 77.3 cm³/mol. The highest BCUT2D eigenvalue weighted by Crippen LogP contribution is 2.23. The highest BCUT2D eigenvalue weighted by molar-refractivity contribution is 5.77. The fourth-order valence-corrected chi connectivity index (χ4v) is 2.99. The quantitative estimate of drug-likeness (QED) is 0.678. The van der Waals surface area contributed by atoms with Gasteiger partial charge in [0.2, 0.25) is 0 Å². The van der Waals surface area contributed by atoms with Gasteiger partial charge in [0.15, 0.2) is 0 Å². The van der Waals surface area contributed by atoms with Crippen LogP contribution in [0.25, 0.3) is 0 Å². The van der Waals surface area contributed by atoms with Gasteiger partial charge in [-0.1, -0.05) is 25.7 Å². The average molecular weight is 279 g/mol. The Morgan fingerprint density at radius 2 is 2.05 bits per heavy atom. The molecule has 1 heterocycles. The van der Waals surface area contributed by atoms with E-state index in [9.17, 15) is 4.79 Å². The van der Waals surface area contributed by atoms with E-state index in [0.717, 1.165) is 24.1 Å². The summed E-state index contributed by atoms with van der Waals surface area (Å²) in [5.41, 5.74) is 1.80. The Morgan fingerprint density at radius 3 is 2.55 bits per heavy atom. The zero-order valence-electron chi connectivity index (χ0n) is 12.7. The van der Waals surface area contributed by atoms with Crippen LogP contribution in [0.3, 0.4) is 0 Å². The number of carbonyl (C=O) groups is 1. The van der Waals surface area contributed by atoms with Gasteiger partial charge in [0.1, 0.15) is 6.04 Å². The van der Waals surface area contributed by atoms with Crippen molar-refractivity contribution in [2.75, 3.05) is 7.11 Å². The highest BCUT2D eigenvalue weighted by atomic mass is 16.5. The second kappa shape index (κ2) is 6.88. The molecular formula is C15H25N3O2. The van der Waals surface area contributed by atoms with Gasteiger partial charge in [0.05, 0.1) is 12.8 Å². The molecule has 0 aliphatic heterocycles. The smallest absolute Gasteiger partial charge is 0.327 e. The monoisotopic (exact) mass is 279 g/mol. The van der Waals surface area contributed by atoms with E-state index < -0.39 is 6.04 Å². The lowest BCUT2D eigenvalue weighted by Gasteiger charge is -2.23. The molecule has 1 N–H and O–H groups in total. The van der Waals surface area contributed by atoms with E-state index in [1.54, 1.807) is 4.68 Å². The van der Waals surface area contributed by atoms with Gasteiger partial charge in [0.25, 0.3) is 0 Å². The molecule has 1 saturated carbocycles. The lowest BCUT2D eigenvalue weighted by Crippen LogP contribution is -2.37. The maximum atomic E-state index is 12.1. The molecule has 1 aliphatic carbocycles. The van der Waals surface area contributed by atoms with Gasteiger partial charge >= 0.3 is 5.97 Å². The number of aromatic nitrogens is 2. The van der Waals surface area contributed by atoms with Crippen molar-refractivity contribution in [1.29, 1.82) is 0 Å². The molecule has 0 bridgehead atoms. The number of nitrogens with one attached hydrogen (secondary N) is 1. The number of rotatable bonds is 4. The fraction of sp³-hybridized carbons (Fsp3) is 0.733. The number of hydrogen-bond acceptors (Lipinski definition) is 4. The van der Waals surface area contributed by atoms with E-state index in [1.807, 2.05) is 20.2 Å². The zero-order valence-corrected chi connectivity index (χ0v) is 12.7. The summed E-state index contributed by atoms with van der Waals surface area (Å²) in [7, 11) is 3.31. The van der Waals surface area contributed by atoms with E-state index in [2.05, 4.69) is 10.4 Å². The first kappa shape index (κ1) is 15.0. The third-order valence-electron chi connectivity index (χ3n) is 4.06. The van der Waals surface area contributed by atoms with Crippen molar-refractivity contribution in [2.24, 2.45) is 7.05 Å². The van der Waals surface area contributed by atoms with Crippen LogP contribution in [-0.4, -0.2) is 28.9 Å². The summed E-state index contributed by atoms with van der Waals surface area (Å²) < 4.78 is 6.71. The lowest BCUT2D eigenvalue weighted by atomic mass is 10.0. The maximum Gasteiger partial charge on any atom is 0.327 e. The zero-order chi connectivity index (χ0) is 14.5. The largest absolute Gasteiger partial charge is 0.468 e. The first-order valence-corrected chi connectivity index (χ1v) is 7.46. The number of nitrogens with zero attached hydrogens (tertiary/aromatic N) is 2. The number of carbonyl (C=O) groups excluding carboxylic acids is 1. The number of ether oxygens (including phenoxy) is 1. The first-order valence-electron chi connectivity index (χ1n) is 7.46. The van der Waals surface area contributed by atoms with Gasteiger partial charge in [-0.2, -0.15) is 5.10 Å². The fourth-order valence-electron chi connectivity index (χ4n) is 2.99.